The standard InChI is InChI=1S/C7H13N2OP/c1-6-7(11(3,4)10)5-8-9(6)2/h5H,1-4H3. The van der Waals surface area contributed by atoms with E-state index in [1.54, 1.807) is 24.2 Å². The lowest BCUT2D eigenvalue weighted by Crippen LogP contribution is -2.06. The van der Waals surface area contributed by atoms with E-state index >= 15 is 0 Å². The highest BCUT2D eigenvalue weighted by atomic mass is 31.2. The number of nitrogens with zero attached hydrogens (tertiary/aromatic N) is 2. The molecule has 1 aromatic heterocycles. The zero-order chi connectivity index (χ0) is 8.65. The molecule has 0 N–H and O–H groups in total. The highest BCUT2D eigenvalue weighted by Crippen LogP contribution is 2.35. The van der Waals surface area contributed by atoms with Crippen LogP contribution in [0.15, 0.2) is 6.20 Å². The molecule has 0 radical (unpaired) electrons. The molecule has 0 saturated carbocycles. The van der Waals surface area contributed by atoms with Crippen LogP contribution in [0.4, 0.5) is 0 Å². The van der Waals surface area contributed by atoms with Crippen molar-refractivity contribution in [2.24, 2.45) is 7.05 Å². The van der Waals surface area contributed by atoms with Crippen molar-refractivity contribution in [1.82, 2.24) is 9.78 Å². The maximum Gasteiger partial charge on any atom is 0.113 e. The maximum absolute atomic E-state index is 11.6. The molecule has 0 aliphatic carbocycles. The molecule has 0 atom stereocenters. The van der Waals surface area contributed by atoms with Crippen LogP contribution in [0, 0.1) is 6.92 Å². The zero-order valence-electron chi connectivity index (χ0n) is 7.33. The lowest BCUT2D eigenvalue weighted by atomic mass is 10.5. The van der Waals surface area contributed by atoms with E-state index in [0.717, 1.165) is 11.0 Å². The third kappa shape index (κ3) is 1.54. The van der Waals surface area contributed by atoms with Crippen LogP contribution < -0.4 is 5.30 Å². The molecule has 4 heteroatoms. The van der Waals surface area contributed by atoms with E-state index < -0.39 is 7.14 Å². The van der Waals surface area contributed by atoms with Gasteiger partial charge in [-0.25, -0.2) is 0 Å². The monoisotopic (exact) mass is 172 g/mol. The molecule has 1 rings (SSSR count). The lowest BCUT2D eigenvalue weighted by molar-refractivity contribution is 0.588. The Hall–Kier alpha value is -0.560. The third-order valence-corrected chi connectivity index (χ3v) is 3.39. The smallest absolute Gasteiger partial charge is 0.113 e. The van der Waals surface area contributed by atoms with Crippen molar-refractivity contribution >= 4 is 12.4 Å². The highest BCUT2D eigenvalue weighted by molar-refractivity contribution is 7.70. The summed E-state index contributed by atoms with van der Waals surface area (Å²) in [5.74, 6) is 0. The SMILES string of the molecule is Cc1c(P(C)(C)=O)cnn1C. The zero-order valence-corrected chi connectivity index (χ0v) is 8.22. The number of rotatable bonds is 1. The summed E-state index contributed by atoms with van der Waals surface area (Å²) in [7, 11) is -0.263. The van der Waals surface area contributed by atoms with Crippen LogP contribution in [-0.4, -0.2) is 23.1 Å². The fraction of sp³-hybridized carbons (Fsp3) is 0.571. The molecule has 0 fully saturated rings. The fourth-order valence-corrected chi connectivity index (χ4v) is 2.27. The van der Waals surface area contributed by atoms with Crippen LogP contribution in [0.25, 0.3) is 0 Å². The van der Waals surface area contributed by atoms with Crippen LogP contribution in [0.2, 0.25) is 0 Å². The van der Waals surface area contributed by atoms with E-state index in [0.29, 0.717) is 0 Å². The van der Waals surface area contributed by atoms with Gasteiger partial charge in [-0.15, -0.1) is 0 Å². The molecular formula is C7H13N2OP. The lowest BCUT2D eigenvalue weighted by Gasteiger charge is -2.04. The largest absolute Gasteiger partial charge is 0.319 e. The maximum atomic E-state index is 11.6. The molecule has 1 aromatic rings. The quantitative estimate of drug-likeness (QED) is 0.592. The summed E-state index contributed by atoms with van der Waals surface area (Å²) in [5, 5.41) is 4.92. The average molecular weight is 172 g/mol. The van der Waals surface area contributed by atoms with Crippen molar-refractivity contribution in [2.75, 3.05) is 13.3 Å². The third-order valence-electron chi connectivity index (χ3n) is 1.79. The van der Waals surface area contributed by atoms with Gasteiger partial charge in [0.25, 0.3) is 0 Å². The van der Waals surface area contributed by atoms with Gasteiger partial charge in [-0.3, -0.25) is 4.68 Å². The summed E-state index contributed by atoms with van der Waals surface area (Å²) in [6.45, 7) is 5.45. The summed E-state index contributed by atoms with van der Waals surface area (Å²) in [6.07, 6.45) is 1.69. The minimum atomic E-state index is -2.12. The molecule has 0 spiro atoms. The molecule has 0 aliphatic heterocycles. The van der Waals surface area contributed by atoms with Crippen LogP contribution in [0.1, 0.15) is 5.69 Å². The summed E-state index contributed by atoms with van der Waals surface area (Å²) >= 11 is 0. The highest BCUT2D eigenvalue weighted by Gasteiger charge is 2.16. The molecule has 0 bridgehead atoms. The first-order valence-corrected chi connectivity index (χ1v) is 6.07. The Labute approximate surface area is 66.8 Å². The second-order valence-electron chi connectivity index (χ2n) is 3.09. The van der Waals surface area contributed by atoms with Gasteiger partial charge in [-0.05, 0) is 20.3 Å². The average Bonchev–Trinajstić information content (AvgIpc) is 2.11. The molecule has 11 heavy (non-hydrogen) atoms. The number of hydrogen-bond acceptors (Lipinski definition) is 2. The first-order chi connectivity index (χ1) is 4.93. The molecule has 1 heterocycles. The van der Waals surface area contributed by atoms with E-state index in [1.807, 2.05) is 14.0 Å². The molecular weight excluding hydrogens is 159 g/mol. The van der Waals surface area contributed by atoms with Crippen molar-refractivity contribution in [3.8, 4) is 0 Å². The van der Waals surface area contributed by atoms with Gasteiger partial charge in [0.05, 0.1) is 11.5 Å². The van der Waals surface area contributed by atoms with Crippen LogP contribution in [-0.2, 0) is 11.6 Å². The van der Waals surface area contributed by atoms with Gasteiger partial charge in [-0.1, -0.05) is 0 Å². The Morgan fingerprint density at radius 3 is 2.27 bits per heavy atom. The molecule has 0 saturated heterocycles. The molecule has 0 unspecified atom stereocenters. The summed E-state index contributed by atoms with van der Waals surface area (Å²) in [4.78, 5) is 0. The predicted molar refractivity (Wildman–Crippen MR) is 47.0 cm³/mol. The Morgan fingerprint density at radius 1 is 1.55 bits per heavy atom. The summed E-state index contributed by atoms with van der Waals surface area (Å²) in [5.41, 5.74) is 0.998. The van der Waals surface area contributed by atoms with E-state index in [-0.39, 0.29) is 0 Å². The second kappa shape index (κ2) is 2.49. The minimum absolute atomic E-state index is 0.889. The van der Waals surface area contributed by atoms with Crippen molar-refractivity contribution in [1.29, 1.82) is 0 Å². The molecule has 0 aromatic carbocycles. The van der Waals surface area contributed by atoms with Gasteiger partial charge in [0, 0.05) is 12.7 Å². The fourth-order valence-electron chi connectivity index (χ4n) is 1.02. The normalized spacial score (nSPS) is 12.0. The summed E-state index contributed by atoms with van der Waals surface area (Å²) in [6, 6.07) is 0. The Balaban J connectivity index is 3.26. The van der Waals surface area contributed by atoms with Crippen LogP contribution in [0.3, 0.4) is 0 Å². The van der Waals surface area contributed by atoms with Gasteiger partial charge in [0.15, 0.2) is 0 Å². The van der Waals surface area contributed by atoms with Gasteiger partial charge in [0.1, 0.15) is 7.14 Å². The second-order valence-corrected chi connectivity index (χ2v) is 6.27. The molecule has 3 nitrogen and oxygen atoms in total. The van der Waals surface area contributed by atoms with Crippen molar-refractivity contribution in [2.45, 2.75) is 6.92 Å². The van der Waals surface area contributed by atoms with Crippen LogP contribution in [0.5, 0.6) is 0 Å². The van der Waals surface area contributed by atoms with E-state index in [4.69, 9.17) is 0 Å². The molecule has 0 amide bonds. The predicted octanol–water partition coefficient (Wildman–Crippen LogP) is 0.977. The molecule has 0 aliphatic rings. The first-order valence-electron chi connectivity index (χ1n) is 3.47. The molecule has 62 valence electrons. The number of aryl methyl sites for hydroxylation is 1. The number of aromatic nitrogens is 2. The van der Waals surface area contributed by atoms with Crippen molar-refractivity contribution in [3.63, 3.8) is 0 Å². The van der Waals surface area contributed by atoms with Gasteiger partial charge in [0.2, 0.25) is 0 Å². The summed E-state index contributed by atoms with van der Waals surface area (Å²) < 4.78 is 13.3. The Morgan fingerprint density at radius 2 is 2.09 bits per heavy atom. The Kier molecular flexibility index (Phi) is 1.93. The van der Waals surface area contributed by atoms with Crippen molar-refractivity contribution in [3.05, 3.63) is 11.9 Å². The minimum Gasteiger partial charge on any atom is -0.319 e. The van der Waals surface area contributed by atoms with Crippen molar-refractivity contribution < 1.29 is 4.57 Å². The Bertz CT molecular complexity index is 310. The number of hydrogen-bond donors (Lipinski definition) is 0. The van der Waals surface area contributed by atoms with E-state index in [2.05, 4.69) is 5.10 Å². The van der Waals surface area contributed by atoms with Crippen LogP contribution >= 0.6 is 7.14 Å². The van der Waals surface area contributed by atoms with Gasteiger partial charge < -0.3 is 4.57 Å². The van der Waals surface area contributed by atoms with E-state index in [9.17, 15) is 4.57 Å². The van der Waals surface area contributed by atoms with Gasteiger partial charge >= 0.3 is 0 Å². The topological polar surface area (TPSA) is 34.9 Å². The van der Waals surface area contributed by atoms with Gasteiger partial charge in [-0.2, -0.15) is 5.10 Å². The van der Waals surface area contributed by atoms with E-state index in [1.165, 1.54) is 0 Å². The first kappa shape index (κ1) is 8.54.